The van der Waals surface area contributed by atoms with Gasteiger partial charge in [-0.15, -0.1) is 0 Å². The lowest BCUT2D eigenvalue weighted by Crippen LogP contribution is -2.41. The van der Waals surface area contributed by atoms with Crippen molar-refractivity contribution in [1.82, 2.24) is 0 Å². The summed E-state index contributed by atoms with van der Waals surface area (Å²) in [5, 5.41) is 0.255. The highest BCUT2D eigenvalue weighted by Gasteiger charge is 2.36. The van der Waals surface area contributed by atoms with Gasteiger partial charge in [0.2, 0.25) is 0 Å². The largest absolute Gasteiger partial charge is 0.491 e. The molecule has 2 nitrogen and oxygen atoms in total. The zero-order valence-corrected chi connectivity index (χ0v) is 19.2. The highest BCUT2D eigenvalue weighted by atomic mass is 28.4. The molecule has 3 heteroatoms. The molecule has 0 aliphatic carbocycles. The van der Waals surface area contributed by atoms with E-state index in [9.17, 15) is 0 Å². The third-order valence-electron chi connectivity index (χ3n) is 5.61. The molecule has 0 aliphatic heterocycles. The van der Waals surface area contributed by atoms with Crippen LogP contribution >= 0.6 is 0 Å². The molecule has 1 rings (SSSR count). The van der Waals surface area contributed by atoms with Gasteiger partial charge >= 0.3 is 0 Å². The van der Waals surface area contributed by atoms with Crippen molar-refractivity contribution in [3.63, 3.8) is 0 Å². The molecule has 0 fully saturated rings. The molecule has 0 atom stereocenters. The summed E-state index contributed by atoms with van der Waals surface area (Å²) in [6.07, 6.45) is 10.7. The molecule has 0 saturated carbocycles. The molecular weight excluding hydrogens is 336 g/mol. The van der Waals surface area contributed by atoms with Crippen molar-refractivity contribution in [2.45, 2.75) is 97.2 Å². The summed E-state index contributed by atoms with van der Waals surface area (Å²) in [4.78, 5) is 0. The second-order valence-electron chi connectivity index (χ2n) is 8.97. The molecule has 0 radical (unpaired) electrons. The number of rotatable bonds is 13. The van der Waals surface area contributed by atoms with Gasteiger partial charge in [-0.3, -0.25) is 0 Å². The van der Waals surface area contributed by atoms with Crippen molar-refractivity contribution in [2.75, 3.05) is 13.2 Å². The summed E-state index contributed by atoms with van der Waals surface area (Å²) >= 11 is 0. The van der Waals surface area contributed by atoms with Crippen LogP contribution in [0.4, 0.5) is 0 Å². The molecule has 0 aromatic heterocycles. The summed E-state index contributed by atoms with van der Waals surface area (Å²) in [5.41, 5.74) is 1.42. The summed E-state index contributed by atoms with van der Waals surface area (Å²) in [5.74, 6) is 0.951. The number of aryl methyl sites for hydroxylation is 1. The topological polar surface area (TPSA) is 18.5 Å². The first-order valence-electron chi connectivity index (χ1n) is 10.6. The predicted octanol–water partition coefficient (Wildman–Crippen LogP) is 7.38. The summed E-state index contributed by atoms with van der Waals surface area (Å²) in [6, 6.07) is 8.62. The molecule has 0 N–H and O–H groups in total. The molecule has 1 aromatic carbocycles. The first-order valence-corrected chi connectivity index (χ1v) is 13.5. The van der Waals surface area contributed by atoms with Gasteiger partial charge in [0.05, 0.1) is 6.61 Å². The van der Waals surface area contributed by atoms with Gasteiger partial charge in [-0.25, -0.2) is 0 Å². The van der Waals surface area contributed by atoms with Crippen molar-refractivity contribution in [1.29, 1.82) is 0 Å². The first kappa shape index (κ1) is 23.2. The van der Waals surface area contributed by atoms with Crippen molar-refractivity contribution in [2.24, 2.45) is 0 Å². The Balaban J connectivity index is 2.18. The Kier molecular flexibility index (Phi) is 10.6. The second-order valence-corrected chi connectivity index (χ2v) is 13.8. The highest BCUT2D eigenvalue weighted by Crippen LogP contribution is 2.36. The average Bonchev–Trinajstić information content (AvgIpc) is 2.58. The number of benzene rings is 1. The molecule has 150 valence electrons. The number of unbranched alkanes of at least 4 members (excludes halogenated alkanes) is 6. The Morgan fingerprint density at radius 1 is 0.808 bits per heavy atom. The van der Waals surface area contributed by atoms with E-state index < -0.39 is 8.32 Å². The molecule has 0 saturated heterocycles. The lowest BCUT2D eigenvalue weighted by Gasteiger charge is -2.36. The lowest BCUT2D eigenvalue weighted by atomic mass is 10.0. The SMILES string of the molecule is CCCCCCCCCc1ccc(OCCO[Si](C)(C)C(C)(C)C)cc1. The summed E-state index contributed by atoms with van der Waals surface area (Å²) < 4.78 is 12.0. The Hall–Kier alpha value is -0.803. The van der Waals surface area contributed by atoms with Gasteiger partial charge in [-0.1, -0.05) is 78.4 Å². The predicted molar refractivity (Wildman–Crippen MR) is 117 cm³/mol. The van der Waals surface area contributed by atoms with Crippen molar-refractivity contribution >= 4 is 8.32 Å². The van der Waals surface area contributed by atoms with Crippen LogP contribution in [0.3, 0.4) is 0 Å². The quantitative estimate of drug-likeness (QED) is 0.263. The van der Waals surface area contributed by atoms with E-state index in [4.69, 9.17) is 9.16 Å². The van der Waals surface area contributed by atoms with E-state index in [0.29, 0.717) is 13.2 Å². The smallest absolute Gasteiger partial charge is 0.192 e. The van der Waals surface area contributed by atoms with Gasteiger partial charge < -0.3 is 9.16 Å². The second kappa shape index (κ2) is 11.8. The van der Waals surface area contributed by atoms with Crippen molar-refractivity contribution in [3.05, 3.63) is 29.8 Å². The van der Waals surface area contributed by atoms with Crippen LogP contribution in [0, 0.1) is 0 Å². The molecule has 1 aromatic rings. The third-order valence-corrected chi connectivity index (χ3v) is 10.2. The Morgan fingerprint density at radius 2 is 1.38 bits per heavy atom. The lowest BCUT2D eigenvalue weighted by molar-refractivity contribution is 0.203. The fraction of sp³-hybridized carbons (Fsp3) is 0.739. The van der Waals surface area contributed by atoms with Gasteiger partial charge in [0.25, 0.3) is 0 Å². The molecular formula is C23H42O2Si. The van der Waals surface area contributed by atoms with E-state index in [1.165, 1.54) is 56.9 Å². The van der Waals surface area contributed by atoms with E-state index in [0.717, 1.165) is 5.75 Å². The Bertz CT molecular complexity index is 474. The number of hydrogen-bond acceptors (Lipinski definition) is 2. The third kappa shape index (κ3) is 9.23. The van der Waals surface area contributed by atoms with Crippen LogP contribution in [0.1, 0.15) is 78.2 Å². The zero-order valence-electron chi connectivity index (χ0n) is 18.2. The molecule has 0 unspecified atom stereocenters. The molecule has 0 bridgehead atoms. The first-order chi connectivity index (χ1) is 12.3. The van der Waals surface area contributed by atoms with Crippen LogP contribution in [0.2, 0.25) is 18.1 Å². The van der Waals surface area contributed by atoms with E-state index in [1.807, 2.05) is 0 Å². The van der Waals surface area contributed by atoms with Crippen LogP contribution in [-0.2, 0) is 10.8 Å². The van der Waals surface area contributed by atoms with E-state index >= 15 is 0 Å². The number of ether oxygens (including phenoxy) is 1. The minimum atomic E-state index is -1.66. The Labute approximate surface area is 163 Å². The molecule has 0 aliphatic rings. The van der Waals surface area contributed by atoms with E-state index in [1.54, 1.807) is 0 Å². The molecule has 0 amide bonds. The van der Waals surface area contributed by atoms with Gasteiger partial charge in [-0.2, -0.15) is 0 Å². The summed E-state index contributed by atoms with van der Waals surface area (Å²) in [6.45, 7) is 14.9. The minimum absolute atomic E-state index is 0.255. The summed E-state index contributed by atoms with van der Waals surface area (Å²) in [7, 11) is -1.66. The van der Waals surface area contributed by atoms with E-state index in [-0.39, 0.29) is 5.04 Å². The molecule has 0 spiro atoms. The Morgan fingerprint density at radius 3 is 1.96 bits per heavy atom. The molecule has 26 heavy (non-hydrogen) atoms. The molecule has 0 heterocycles. The fourth-order valence-corrected chi connectivity index (χ4v) is 3.74. The maximum atomic E-state index is 6.15. The zero-order chi connectivity index (χ0) is 19.5. The van der Waals surface area contributed by atoms with Gasteiger partial charge in [0.1, 0.15) is 12.4 Å². The van der Waals surface area contributed by atoms with Gasteiger partial charge in [0.15, 0.2) is 8.32 Å². The van der Waals surface area contributed by atoms with Crippen LogP contribution in [-0.4, -0.2) is 21.5 Å². The average molecular weight is 379 g/mol. The maximum absolute atomic E-state index is 6.15. The van der Waals surface area contributed by atoms with E-state index in [2.05, 4.69) is 65.1 Å². The van der Waals surface area contributed by atoms with Crippen LogP contribution in [0.25, 0.3) is 0 Å². The van der Waals surface area contributed by atoms with Crippen LogP contribution in [0.5, 0.6) is 5.75 Å². The highest BCUT2D eigenvalue weighted by molar-refractivity contribution is 6.74. The van der Waals surface area contributed by atoms with Crippen LogP contribution < -0.4 is 4.74 Å². The van der Waals surface area contributed by atoms with Crippen molar-refractivity contribution in [3.8, 4) is 5.75 Å². The minimum Gasteiger partial charge on any atom is -0.491 e. The van der Waals surface area contributed by atoms with Gasteiger partial charge in [0, 0.05) is 0 Å². The van der Waals surface area contributed by atoms with Gasteiger partial charge in [-0.05, 0) is 48.7 Å². The normalized spacial score (nSPS) is 12.4. The number of hydrogen-bond donors (Lipinski definition) is 0. The van der Waals surface area contributed by atoms with Crippen LogP contribution in [0.15, 0.2) is 24.3 Å². The fourth-order valence-electron chi connectivity index (χ4n) is 2.71. The van der Waals surface area contributed by atoms with Crippen molar-refractivity contribution < 1.29 is 9.16 Å². The standard InChI is InChI=1S/C23H42O2Si/c1-7-8-9-10-11-12-13-14-21-15-17-22(18-16-21)24-19-20-25-26(5,6)23(2,3)4/h15-18H,7-14,19-20H2,1-6H3. The monoisotopic (exact) mass is 378 g/mol. The maximum Gasteiger partial charge on any atom is 0.192 e.